The highest BCUT2D eigenvalue weighted by molar-refractivity contribution is 7.80. The van der Waals surface area contributed by atoms with Gasteiger partial charge in [0, 0.05) is 26.6 Å². The Morgan fingerprint density at radius 2 is 1.89 bits per heavy atom. The maximum atomic E-state index is 12.0. The summed E-state index contributed by atoms with van der Waals surface area (Å²) < 4.78 is 0. The summed E-state index contributed by atoms with van der Waals surface area (Å²) in [4.78, 5) is 16.3. The molecule has 0 aliphatic heterocycles. The number of nitrogens with two attached hydrogens (primary N) is 1. The lowest BCUT2D eigenvalue weighted by Crippen LogP contribution is -2.39. The van der Waals surface area contributed by atoms with Crippen LogP contribution in [-0.4, -0.2) is 54.4 Å². The molecule has 1 fully saturated rings. The zero-order chi connectivity index (χ0) is 14.3. The second-order valence-electron chi connectivity index (χ2n) is 5.73. The number of likely N-dealkylation sites (N-methyl/N-ethyl adjacent to an activating group) is 2. The molecular formula is C14H27N3OS. The third kappa shape index (κ3) is 6.87. The summed E-state index contributed by atoms with van der Waals surface area (Å²) in [6, 6.07) is 0. The first kappa shape index (κ1) is 16.4. The number of nitrogens with zero attached hydrogens (tertiary/aromatic N) is 2. The molecule has 0 radical (unpaired) electrons. The molecule has 0 aromatic heterocycles. The van der Waals surface area contributed by atoms with Crippen molar-refractivity contribution < 1.29 is 4.79 Å². The molecule has 1 amide bonds. The number of hydrogen-bond acceptors (Lipinski definition) is 3. The van der Waals surface area contributed by atoms with Crippen LogP contribution in [0, 0.1) is 5.92 Å². The monoisotopic (exact) mass is 285 g/mol. The number of carbonyl (C=O) groups excluding carboxylic acids is 1. The van der Waals surface area contributed by atoms with E-state index in [1.54, 1.807) is 4.90 Å². The highest BCUT2D eigenvalue weighted by Gasteiger charge is 2.18. The maximum Gasteiger partial charge on any atom is 0.236 e. The first-order valence-electron chi connectivity index (χ1n) is 7.20. The van der Waals surface area contributed by atoms with Gasteiger partial charge in [0.25, 0.3) is 0 Å². The second kappa shape index (κ2) is 8.48. The van der Waals surface area contributed by atoms with Crippen LogP contribution in [0.1, 0.15) is 38.5 Å². The first-order chi connectivity index (χ1) is 8.99. The highest BCUT2D eigenvalue weighted by Crippen LogP contribution is 2.23. The standard InChI is InChI=1S/C14H27N3OS/c1-16(10-12-6-4-3-5-7-12)11-14(18)17(2)9-8-13(15)19/h12H,3-11H2,1-2H3,(H2,15,19). The molecule has 1 aliphatic rings. The van der Waals surface area contributed by atoms with Crippen molar-refractivity contribution in [2.45, 2.75) is 38.5 Å². The van der Waals surface area contributed by atoms with Crippen LogP contribution in [0.2, 0.25) is 0 Å². The molecule has 1 saturated carbocycles. The van der Waals surface area contributed by atoms with Gasteiger partial charge in [-0.1, -0.05) is 31.5 Å². The number of carbonyl (C=O) groups is 1. The van der Waals surface area contributed by atoms with Gasteiger partial charge < -0.3 is 10.6 Å². The number of amides is 1. The number of hydrogen-bond donors (Lipinski definition) is 1. The summed E-state index contributed by atoms with van der Waals surface area (Å²) in [6.07, 6.45) is 7.30. The van der Waals surface area contributed by atoms with Crippen LogP contribution in [0.25, 0.3) is 0 Å². The molecule has 0 unspecified atom stereocenters. The molecule has 0 aromatic carbocycles. The second-order valence-corrected chi connectivity index (χ2v) is 6.26. The molecule has 110 valence electrons. The largest absolute Gasteiger partial charge is 0.393 e. The van der Waals surface area contributed by atoms with Gasteiger partial charge in [-0.2, -0.15) is 0 Å². The van der Waals surface area contributed by atoms with E-state index in [1.165, 1.54) is 32.1 Å². The van der Waals surface area contributed by atoms with Crippen LogP contribution in [0.15, 0.2) is 0 Å². The zero-order valence-corrected chi connectivity index (χ0v) is 13.0. The van der Waals surface area contributed by atoms with Crippen molar-refractivity contribution in [3.63, 3.8) is 0 Å². The molecular weight excluding hydrogens is 258 g/mol. The summed E-state index contributed by atoms with van der Waals surface area (Å²) in [5, 5.41) is 0. The van der Waals surface area contributed by atoms with Crippen molar-refractivity contribution in [1.29, 1.82) is 0 Å². The Kier molecular flexibility index (Phi) is 7.31. The molecule has 4 nitrogen and oxygen atoms in total. The van der Waals surface area contributed by atoms with Crippen molar-refractivity contribution in [3.8, 4) is 0 Å². The molecule has 0 atom stereocenters. The van der Waals surface area contributed by atoms with Gasteiger partial charge in [0.1, 0.15) is 0 Å². The Labute approximate surface area is 122 Å². The van der Waals surface area contributed by atoms with E-state index in [2.05, 4.69) is 4.90 Å². The fourth-order valence-corrected chi connectivity index (χ4v) is 2.72. The highest BCUT2D eigenvalue weighted by atomic mass is 32.1. The van der Waals surface area contributed by atoms with Crippen molar-refractivity contribution in [2.24, 2.45) is 11.7 Å². The van der Waals surface area contributed by atoms with E-state index in [0.29, 0.717) is 24.5 Å². The van der Waals surface area contributed by atoms with Crippen LogP contribution in [-0.2, 0) is 4.79 Å². The van der Waals surface area contributed by atoms with E-state index in [0.717, 1.165) is 12.5 Å². The third-order valence-corrected chi connectivity index (χ3v) is 4.02. The van der Waals surface area contributed by atoms with Gasteiger partial charge in [0.15, 0.2) is 0 Å². The fourth-order valence-electron chi connectivity index (χ4n) is 2.63. The van der Waals surface area contributed by atoms with Gasteiger partial charge in [-0.15, -0.1) is 0 Å². The predicted octanol–water partition coefficient (Wildman–Crippen LogP) is 1.63. The lowest BCUT2D eigenvalue weighted by molar-refractivity contribution is -0.130. The van der Waals surface area contributed by atoms with E-state index in [4.69, 9.17) is 18.0 Å². The topological polar surface area (TPSA) is 49.6 Å². The van der Waals surface area contributed by atoms with Gasteiger partial charge >= 0.3 is 0 Å². The fraction of sp³-hybridized carbons (Fsp3) is 0.857. The molecule has 19 heavy (non-hydrogen) atoms. The molecule has 5 heteroatoms. The summed E-state index contributed by atoms with van der Waals surface area (Å²) in [5.74, 6) is 0.919. The molecule has 0 saturated heterocycles. The molecule has 0 spiro atoms. The lowest BCUT2D eigenvalue weighted by Gasteiger charge is -2.28. The minimum atomic E-state index is 0.148. The van der Waals surface area contributed by atoms with E-state index in [-0.39, 0.29) is 5.91 Å². The SMILES string of the molecule is CN(CC(=O)N(C)CCC(N)=S)CC1CCCCC1. The van der Waals surface area contributed by atoms with E-state index < -0.39 is 0 Å². The van der Waals surface area contributed by atoms with Crippen LogP contribution in [0.3, 0.4) is 0 Å². The molecule has 1 aliphatic carbocycles. The summed E-state index contributed by atoms with van der Waals surface area (Å²) in [7, 11) is 3.85. The Morgan fingerprint density at radius 1 is 1.26 bits per heavy atom. The molecule has 2 N–H and O–H groups in total. The average Bonchev–Trinajstić information content (AvgIpc) is 2.36. The third-order valence-electron chi connectivity index (χ3n) is 3.82. The van der Waals surface area contributed by atoms with Crippen molar-refractivity contribution in [1.82, 2.24) is 9.80 Å². The van der Waals surface area contributed by atoms with Gasteiger partial charge in [-0.25, -0.2) is 0 Å². The Bertz CT molecular complexity index is 303. The molecule has 1 rings (SSSR count). The molecule has 0 bridgehead atoms. The zero-order valence-electron chi connectivity index (χ0n) is 12.2. The van der Waals surface area contributed by atoms with Gasteiger partial charge in [-0.05, 0) is 25.8 Å². The average molecular weight is 285 g/mol. The Balaban J connectivity index is 2.24. The van der Waals surface area contributed by atoms with Crippen LogP contribution in [0.4, 0.5) is 0 Å². The van der Waals surface area contributed by atoms with Crippen LogP contribution in [0.5, 0.6) is 0 Å². The van der Waals surface area contributed by atoms with Crippen LogP contribution >= 0.6 is 12.2 Å². The normalized spacial score (nSPS) is 16.6. The van der Waals surface area contributed by atoms with Gasteiger partial charge in [0.05, 0.1) is 11.5 Å². The minimum absolute atomic E-state index is 0.148. The van der Waals surface area contributed by atoms with Gasteiger partial charge in [0.2, 0.25) is 5.91 Å². The Morgan fingerprint density at radius 3 is 2.47 bits per heavy atom. The quantitative estimate of drug-likeness (QED) is 0.722. The van der Waals surface area contributed by atoms with E-state index in [1.807, 2.05) is 14.1 Å². The number of thiocarbonyl (C=S) groups is 1. The minimum Gasteiger partial charge on any atom is -0.393 e. The lowest BCUT2D eigenvalue weighted by atomic mass is 9.89. The smallest absolute Gasteiger partial charge is 0.236 e. The van der Waals surface area contributed by atoms with Crippen molar-refractivity contribution in [3.05, 3.63) is 0 Å². The first-order valence-corrected chi connectivity index (χ1v) is 7.60. The molecule has 0 heterocycles. The van der Waals surface area contributed by atoms with Crippen LogP contribution < -0.4 is 5.73 Å². The summed E-state index contributed by atoms with van der Waals surface area (Å²) >= 11 is 4.83. The van der Waals surface area contributed by atoms with Crippen molar-refractivity contribution in [2.75, 3.05) is 33.7 Å². The maximum absolute atomic E-state index is 12.0. The Hall–Kier alpha value is -0.680. The van der Waals surface area contributed by atoms with E-state index in [9.17, 15) is 4.79 Å². The summed E-state index contributed by atoms with van der Waals surface area (Å²) in [6.45, 7) is 2.14. The molecule has 0 aromatic rings. The summed E-state index contributed by atoms with van der Waals surface area (Å²) in [5.41, 5.74) is 5.45. The number of rotatable bonds is 7. The van der Waals surface area contributed by atoms with Gasteiger partial charge in [-0.3, -0.25) is 9.69 Å². The van der Waals surface area contributed by atoms with Crippen molar-refractivity contribution >= 4 is 23.1 Å². The predicted molar refractivity (Wildman–Crippen MR) is 83.1 cm³/mol. The van der Waals surface area contributed by atoms with E-state index >= 15 is 0 Å².